The second-order valence-electron chi connectivity index (χ2n) is 5.46. The summed E-state index contributed by atoms with van der Waals surface area (Å²) in [6.45, 7) is 5.74. The third-order valence-electron chi connectivity index (χ3n) is 3.94. The Bertz CT molecular complexity index is 273. The fraction of sp³-hybridized carbons (Fsp3) is 1.00. The molecule has 2 rings (SSSR count). The minimum absolute atomic E-state index is 0.0227. The highest BCUT2D eigenvalue weighted by atomic mass is 32.2. The highest BCUT2D eigenvalue weighted by Gasteiger charge is 2.54. The zero-order valence-electron chi connectivity index (χ0n) is 10.5. The monoisotopic (exact) mass is 262 g/mol. The second kappa shape index (κ2) is 5.05. The molecule has 1 heterocycles. The van der Waals surface area contributed by atoms with Gasteiger partial charge in [0.15, 0.2) is 0 Å². The average molecular weight is 262 g/mol. The van der Waals surface area contributed by atoms with E-state index < -0.39 is 24.2 Å². The maximum atomic E-state index is 10.2. The van der Waals surface area contributed by atoms with Crippen molar-refractivity contribution in [2.45, 2.75) is 50.6 Å². The Morgan fingerprint density at radius 2 is 1.88 bits per heavy atom. The van der Waals surface area contributed by atoms with E-state index in [2.05, 4.69) is 0 Å². The molecule has 0 amide bonds. The number of hydrogen-bond donors (Lipinski definition) is 3. The Hall–Kier alpha value is 0.190. The van der Waals surface area contributed by atoms with Gasteiger partial charge in [0.25, 0.3) is 0 Å². The van der Waals surface area contributed by atoms with Gasteiger partial charge in [0, 0.05) is 17.6 Å². The summed E-state index contributed by atoms with van der Waals surface area (Å²) in [4.78, 5) is 0. The molecule has 4 unspecified atom stereocenters. The van der Waals surface area contributed by atoms with Crippen LogP contribution in [-0.4, -0.2) is 50.9 Å². The van der Waals surface area contributed by atoms with Crippen LogP contribution in [-0.2, 0) is 4.74 Å². The van der Waals surface area contributed by atoms with E-state index in [4.69, 9.17) is 4.74 Å². The number of aliphatic hydroxyl groups is 3. The van der Waals surface area contributed by atoms with E-state index in [1.165, 1.54) is 0 Å². The first-order chi connectivity index (χ1) is 7.93. The molecule has 17 heavy (non-hydrogen) atoms. The summed E-state index contributed by atoms with van der Waals surface area (Å²) in [7, 11) is 0. The van der Waals surface area contributed by atoms with E-state index in [-0.39, 0.29) is 23.4 Å². The summed E-state index contributed by atoms with van der Waals surface area (Å²) >= 11 is 1.65. The predicted octanol–water partition coefficient (Wildman–Crippen LogP) is 0.449. The first-order valence-electron chi connectivity index (χ1n) is 6.24. The van der Waals surface area contributed by atoms with Gasteiger partial charge in [-0.1, -0.05) is 13.8 Å². The summed E-state index contributed by atoms with van der Waals surface area (Å²) in [6, 6.07) is 0. The number of thioether (sulfide) groups is 1. The van der Waals surface area contributed by atoms with E-state index in [9.17, 15) is 15.3 Å². The lowest BCUT2D eigenvalue weighted by Gasteiger charge is -2.32. The molecule has 1 saturated carbocycles. The smallest absolute Gasteiger partial charge is 0.100 e. The highest BCUT2D eigenvalue weighted by Crippen LogP contribution is 2.43. The first-order valence-corrected chi connectivity index (χ1v) is 7.29. The molecule has 3 N–H and O–H groups in total. The summed E-state index contributed by atoms with van der Waals surface area (Å²) in [6.07, 6.45) is -2.46. The van der Waals surface area contributed by atoms with E-state index >= 15 is 0 Å². The minimum atomic E-state index is -0.768. The van der Waals surface area contributed by atoms with Crippen LogP contribution in [0.1, 0.15) is 20.8 Å². The largest absolute Gasteiger partial charge is 0.392 e. The third kappa shape index (κ3) is 2.36. The molecular weight excluding hydrogens is 240 g/mol. The normalized spacial score (nSPS) is 48.2. The van der Waals surface area contributed by atoms with Gasteiger partial charge in [0.05, 0.1) is 24.4 Å². The average Bonchev–Trinajstić information content (AvgIpc) is 2.50. The summed E-state index contributed by atoms with van der Waals surface area (Å²) < 4.78 is 5.69. The number of ether oxygens (including phenoxy) is 1. The van der Waals surface area contributed by atoms with Crippen molar-refractivity contribution < 1.29 is 20.1 Å². The molecule has 2 fully saturated rings. The SMILES string of the molecule is CC1O[C@@H]2C(CS1)C(O)[C@@H]([C@@H](O)C(C)C)C2O. The molecule has 0 bridgehead atoms. The van der Waals surface area contributed by atoms with Crippen LogP contribution in [0.15, 0.2) is 0 Å². The van der Waals surface area contributed by atoms with Crippen molar-refractivity contribution >= 4 is 11.8 Å². The standard InChI is InChI=1S/C12H22O4S/c1-5(2)9(13)8-10(14)7-4-17-6(3)16-12(7)11(8)15/h5-15H,4H2,1-3H3/t6?,7?,8-,9+,10?,11?,12-/m1/s1. The maximum Gasteiger partial charge on any atom is 0.100 e. The quantitative estimate of drug-likeness (QED) is 0.674. The van der Waals surface area contributed by atoms with Gasteiger partial charge < -0.3 is 20.1 Å². The minimum Gasteiger partial charge on any atom is -0.392 e. The van der Waals surface area contributed by atoms with Gasteiger partial charge in [-0.05, 0) is 12.8 Å². The van der Waals surface area contributed by atoms with Gasteiger partial charge in [-0.3, -0.25) is 0 Å². The molecular formula is C12H22O4S. The van der Waals surface area contributed by atoms with Gasteiger partial charge >= 0.3 is 0 Å². The predicted molar refractivity (Wildman–Crippen MR) is 66.6 cm³/mol. The molecule has 5 heteroatoms. The molecule has 0 aromatic heterocycles. The fourth-order valence-corrected chi connectivity index (χ4v) is 3.97. The van der Waals surface area contributed by atoms with Gasteiger partial charge in [-0.15, -0.1) is 11.8 Å². The summed E-state index contributed by atoms with van der Waals surface area (Å²) in [5.74, 6) is 0.251. The Morgan fingerprint density at radius 1 is 1.24 bits per heavy atom. The van der Waals surface area contributed by atoms with Crippen LogP contribution >= 0.6 is 11.8 Å². The van der Waals surface area contributed by atoms with Crippen molar-refractivity contribution in [3.63, 3.8) is 0 Å². The molecule has 4 nitrogen and oxygen atoms in total. The highest BCUT2D eigenvalue weighted by molar-refractivity contribution is 7.99. The lowest BCUT2D eigenvalue weighted by molar-refractivity contribution is -0.0790. The van der Waals surface area contributed by atoms with Crippen molar-refractivity contribution in [3.8, 4) is 0 Å². The van der Waals surface area contributed by atoms with Crippen LogP contribution in [0.5, 0.6) is 0 Å². The topological polar surface area (TPSA) is 69.9 Å². The summed E-state index contributed by atoms with van der Waals surface area (Å²) in [5, 5.41) is 30.6. The fourth-order valence-electron chi connectivity index (χ4n) is 2.88. The Morgan fingerprint density at radius 3 is 2.47 bits per heavy atom. The van der Waals surface area contributed by atoms with Gasteiger partial charge in [-0.25, -0.2) is 0 Å². The zero-order valence-corrected chi connectivity index (χ0v) is 11.3. The van der Waals surface area contributed by atoms with Crippen LogP contribution in [0, 0.1) is 17.8 Å². The van der Waals surface area contributed by atoms with Crippen LogP contribution in [0.25, 0.3) is 0 Å². The van der Waals surface area contributed by atoms with Crippen LogP contribution in [0.3, 0.4) is 0 Å². The van der Waals surface area contributed by atoms with Crippen molar-refractivity contribution in [3.05, 3.63) is 0 Å². The van der Waals surface area contributed by atoms with E-state index in [0.29, 0.717) is 0 Å². The molecule has 1 saturated heterocycles. The third-order valence-corrected chi connectivity index (χ3v) is 5.09. The lowest BCUT2D eigenvalue weighted by Crippen LogP contribution is -2.40. The van der Waals surface area contributed by atoms with Gasteiger partial charge in [-0.2, -0.15) is 0 Å². The van der Waals surface area contributed by atoms with Crippen LogP contribution in [0.2, 0.25) is 0 Å². The van der Waals surface area contributed by atoms with Gasteiger partial charge in [0.1, 0.15) is 5.44 Å². The summed E-state index contributed by atoms with van der Waals surface area (Å²) in [5.41, 5.74) is 0.0491. The molecule has 1 aliphatic heterocycles. The van der Waals surface area contributed by atoms with Crippen molar-refractivity contribution in [2.75, 3.05) is 5.75 Å². The van der Waals surface area contributed by atoms with E-state index in [0.717, 1.165) is 5.75 Å². The first kappa shape index (κ1) is 13.6. The Kier molecular flexibility index (Phi) is 4.05. The van der Waals surface area contributed by atoms with Crippen LogP contribution < -0.4 is 0 Å². The Balaban J connectivity index is 2.15. The molecule has 0 aromatic rings. The molecule has 0 aromatic carbocycles. The molecule has 0 radical (unpaired) electrons. The number of fused-ring (bicyclic) bond motifs is 1. The Labute approximate surface area is 106 Å². The molecule has 100 valence electrons. The molecule has 1 aliphatic carbocycles. The van der Waals surface area contributed by atoms with Crippen molar-refractivity contribution in [1.82, 2.24) is 0 Å². The lowest BCUT2D eigenvalue weighted by atomic mass is 9.88. The molecule has 2 aliphatic rings. The van der Waals surface area contributed by atoms with Gasteiger partial charge in [0.2, 0.25) is 0 Å². The van der Waals surface area contributed by atoms with E-state index in [1.807, 2.05) is 20.8 Å². The number of aliphatic hydroxyl groups excluding tert-OH is 3. The van der Waals surface area contributed by atoms with Crippen LogP contribution in [0.4, 0.5) is 0 Å². The second-order valence-corrected chi connectivity index (χ2v) is 6.79. The molecule has 7 atom stereocenters. The zero-order chi connectivity index (χ0) is 12.7. The number of hydrogen-bond acceptors (Lipinski definition) is 5. The van der Waals surface area contributed by atoms with E-state index in [1.54, 1.807) is 11.8 Å². The number of rotatable bonds is 2. The molecule has 0 spiro atoms. The maximum absolute atomic E-state index is 10.2. The van der Waals surface area contributed by atoms with Crippen molar-refractivity contribution in [1.29, 1.82) is 0 Å². The van der Waals surface area contributed by atoms with Crippen molar-refractivity contribution in [2.24, 2.45) is 17.8 Å².